The largest absolute Gasteiger partial charge is 0.322 e. The number of halogens is 2. The van der Waals surface area contributed by atoms with Crippen LogP contribution < -0.4 is 5.32 Å². The Morgan fingerprint density at radius 1 is 1.38 bits per heavy atom. The molecule has 1 heterocycles. The Hall–Kier alpha value is -0.400. The van der Waals surface area contributed by atoms with Gasteiger partial charge in [0.05, 0.1) is 8.45 Å². The average molecular weight is 408 g/mol. The summed E-state index contributed by atoms with van der Waals surface area (Å²) in [5.74, 6) is -0.0720. The van der Waals surface area contributed by atoms with Gasteiger partial charge in [-0.15, -0.1) is 11.3 Å². The van der Waals surface area contributed by atoms with Crippen molar-refractivity contribution in [3.8, 4) is 0 Å². The van der Waals surface area contributed by atoms with Gasteiger partial charge in [0.15, 0.2) is 0 Å². The molecule has 82 valence electrons. The number of benzene rings is 1. The maximum atomic E-state index is 11.8. The number of carbonyl (C=O) groups is 1. The van der Waals surface area contributed by atoms with Crippen molar-refractivity contribution in [2.24, 2.45) is 0 Å². The predicted octanol–water partition coefficient (Wildman–Crippen LogP) is 4.37. The minimum Gasteiger partial charge on any atom is -0.322 e. The van der Waals surface area contributed by atoms with Gasteiger partial charge in [0.2, 0.25) is 0 Å². The Morgan fingerprint density at radius 3 is 2.81 bits per heavy atom. The molecular formula is C11H7BrINOS. The normalized spacial score (nSPS) is 10.1. The number of anilines is 1. The number of nitrogens with one attached hydrogen (secondary N) is 1. The lowest BCUT2D eigenvalue weighted by molar-refractivity contribution is 0.102. The van der Waals surface area contributed by atoms with Gasteiger partial charge in [-0.1, -0.05) is 22.0 Å². The van der Waals surface area contributed by atoms with E-state index < -0.39 is 0 Å². The van der Waals surface area contributed by atoms with Crippen molar-refractivity contribution in [1.82, 2.24) is 0 Å². The lowest BCUT2D eigenvalue weighted by Crippen LogP contribution is -2.10. The molecule has 1 amide bonds. The average Bonchev–Trinajstić information content (AvgIpc) is 2.65. The van der Waals surface area contributed by atoms with Crippen LogP contribution in [-0.2, 0) is 0 Å². The molecule has 0 saturated carbocycles. The number of amides is 1. The molecule has 5 heteroatoms. The zero-order valence-electron chi connectivity index (χ0n) is 8.04. The maximum absolute atomic E-state index is 11.8. The highest BCUT2D eigenvalue weighted by molar-refractivity contribution is 14.1. The van der Waals surface area contributed by atoms with Crippen LogP contribution in [0.3, 0.4) is 0 Å². The third-order valence-electron chi connectivity index (χ3n) is 1.91. The molecule has 0 spiro atoms. The molecule has 2 aromatic rings. The standard InChI is InChI=1S/C11H7BrINOS/c12-8-2-1-3-9(5-8)14-11(15)7-4-10(13)16-6-7/h1-6H,(H,14,15). The molecule has 0 aliphatic rings. The van der Waals surface area contributed by atoms with Crippen molar-refractivity contribution in [3.63, 3.8) is 0 Å². The Labute approximate surface area is 119 Å². The third-order valence-corrected chi connectivity index (χ3v) is 4.19. The van der Waals surface area contributed by atoms with Crippen LogP contribution in [0.4, 0.5) is 5.69 Å². The van der Waals surface area contributed by atoms with Gasteiger partial charge in [0.25, 0.3) is 5.91 Å². The summed E-state index contributed by atoms with van der Waals surface area (Å²) in [6, 6.07) is 9.41. The molecule has 0 aliphatic carbocycles. The van der Waals surface area contributed by atoms with Gasteiger partial charge in [-0.05, 0) is 46.9 Å². The van der Waals surface area contributed by atoms with E-state index in [-0.39, 0.29) is 5.91 Å². The van der Waals surface area contributed by atoms with Gasteiger partial charge in [-0.25, -0.2) is 0 Å². The van der Waals surface area contributed by atoms with Crippen molar-refractivity contribution in [3.05, 3.63) is 48.6 Å². The van der Waals surface area contributed by atoms with E-state index in [0.717, 1.165) is 13.0 Å². The summed E-state index contributed by atoms with van der Waals surface area (Å²) >= 11 is 7.13. The highest BCUT2D eigenvalue weighted by atomic mass is 127. The fourth-order valence-corrected chi connectivity index (χ4v) is 2.92. The van der Waals surface area contributed by atoms with Gasteiger partial charge in [-0.2, -0.15) is 0 Å². The van der Waals surface area contributed by atoms with E-state index in [1.54, 1.807) is 11.3 Å². The van der Waals surface area contributed by atoms with Crippen LogP contribution in [0.15, 0.2) is 40.2 Å². The Balaban J connectivity index is 2.13. The van der Waals surface area contributed by atoms with Crippen molar-refractivity contribution in [2.45, 2.75) is 0 Å². The van der Waals surface area contributed by atoms with E-state index in [4.69, 9.17) is 0 Å². The molecular weight excluding hydrogens is 401 g/mol. The van der Waals surface area contributed by atoms with Crippen molar-refractivity contribution in [1.29, 1.82) is 0 Å². The van der Waals surface area contributed by atoms with Crippen molar-refractivity contribution < 1.29 is 4.79 Å². The fourth-order valence-electron chi connectivity index (χ4n) is 1.20. The zero-order valence-corrected chi connectivity index (χ0v) is 12.6. The fraction of sp³-hybridized carbons (Fsp3) is 0. The molecule has 0 unspecified atom stereocenters. The van der Waals surface area contributed by atoms with E-state index >= 15 is 0 Å². The summed E-state index contributed by atoms with van der Waals surface area (Å²) in [6.07, 6.45) is 0. The smallest absolute Gasteiger partial charge is 0.256 e. The zero-order chi connectivity index (χ0) is 11.5. The quantitative estimate of drug-likeness (QED) is 0.736. The van der Waals surface area contributed by atoms with Gasteiger partial charge < -0.3 is 5.32 Å². The van der Waals surface area contributed by atoms with Crippen LogP contribution >= 0.6 is 49.9 Å². The molecule has 0 atom stereocenters. The van der Waals surface area contributed by atoms with E-state index in [1.165, 1.54) is 0 Å². The molecule has 0 fully saturated rings. The maximum Gasteiger partial charge on any atom is 0.256 e. The Morgan fingerprint density at radius 2 is 2.19 bits per heavy atom. The van der Waals surface area contributed by atoms with Crippen molar-refractivity contribution in [2.75, 3.05) is 5.32 Å². The second-order valence-corrected chi connectivity index (χ2v) is 6.83. The Kier molecular flexibility index (Phi) is 3.99. The molecule has 16 heavy (non-hydrogen) atoms. The number of hydrogen-bond acceptors (Lipinski definition) is 2. The van der Waals surface area contributed by atoms with E-state index in [0.29, 0.717) is 5.56 Å². The van der Waals surface area contributed by atoms with E-state index in [2.05, 4.69) is 43.8 Å². The molecule has 2 nitrogen and oxygen atoms in total. The topological polar surface area (TPSA) is 29.1 Å². The number of carbonyl (C=O) groups excluding carboxylic acids is 1. The first-order chi connectivity index (χ1) is 7.65. The predicted molar refractivity (Wildman–Crippen MR) is 79.1 cm³/mol. The van der Waals surface area contributed by atoms with Gasteiger partial charge in [-0.3, -0.25) is 4.79 Å². The second kappa shape index (κ2) is 5.29. The second-order valence-electron chi connectivity index (χ2n) is 3.10. The van der Waals surface area contributed by atoms with Crippen LogP contribution in [-0.4, -0.2) is 5.91 Å². The number of hydrogen-bond donors (Lipinski definition) is 1. The number of thiophene rings is 1. The van der Waals surface area contributed by atoms with E-state index in [1.807, 2.05) is 35.7 Å². The molecule has 1 aromatic carbocycles. The number of rotatable bonds is 2. The first kappa shape index (κ1) is 12.1. The van der Waals surface area contributed by atoms with Crippen LogP contribution in [0.1, 0.15) is 10.4 Å². The minimum absolute atomic E-state index is 0.0720. The van der Waals surface area contributed by atoms with Crippen LogP contribution in [0, 0.1) is 2.88 Å². The monoisotopic (exact) mass is 407 g/mol. The molecule has 0 radical (unpaired) electrons. The summed E-state index contributed by atoms with van der Waals surface area (Å²) in [7, 11) is 0. The minimum atomic E-state index is -0.0720. The summed E-state index contributed by atoms with van der Waals surface area (Å²) < 4.78 is 2.06. The Bertz CT molecular complexity index is 526. The molecule has 0 bridgehead atoms. The highest BCUT2D eigenvalue weighted by Crippen LogP contribution is 2.19. The lowest BCUT2D eigenvalue weighted by Gasteiger charge is -2.03. The molecule has 1 aromatic heterocycles. The lowest BCUT2D eigenvalue weighted by atomic mass is 10.3. The first-order valence-electron chi connectivity index (χ1n) is 4.46. The van der Waals surface area contributed by atoms with Crippen molar-refractivity contribution >= 4 is 61.5 Å². The molecule has 0 saturated heterocycles. The van der Waals surface area contributed by atoms with Gasteiger partial charge in [0, 0.05) is 15.5 Å². The third kappa shape index (κ3) is 3.05. The van der Waals surface area contributed by atoms with E-state index in [9.17, 15) is 4.79 Å². The van der Waals surface area contributed by atoms with Crippen LogP contribution in [0.5, 0.6) is 0 Å². The highest BCUT2D eigenvalue weighted by Gasteiger charge is 2.07. The molecule has 2 rings (SSSR count). The van der Waals surface area contributed by atoms with Gasteiger partial charge >= 0.3 is 0 Å². The SMILES string of the molecule is O=C(Nc1cccc(Br)c1)c1csc(I)c1. The first-order valence-corrected chi connectivity index (χ1v) is 7.21. The summed E-state index contributed by atoms with van der Waals surface area (Å²) in [4.78, 5) is 11.8. The van der Waals surface area contributed by atoms with Gasteiger partial charge in [0.1, 0.15) is 0 Å². The summed E-state index contributed by atoms with van der Waals surface area (Å²) in [5.41, 5.74) is 1.50. The molecule has 1 N–H and O–H groups in total. The summed E-state index contributed by atoms with van der Waals surface area (Å²) in [6.45, 7) is 0. The van der Waals surface area contributed by atoms with Crippen LogP contribution in [0.25, 0.3) is 0 Å². The van der Waals surface area contributed by atoms with Crippen LogP contribution in [0.2, 0.25) is 0 Å². The summed E-state index contributed by atoms with van der Waals surface area (Å²) in [5, 5.41) is 4.70. The molecule has 0 aliphatic heterocycles.